The number of alkyl halides is 2. The Hall–Kier alpha value is -3.48. The Balaban J connectivity index is 1.57. The van der Waals surface area contributed by atoms with Crippen LogP contribution in [0.15, 0.2) is 66.7 Å². The Morgan fingerprint density at radius 3 is 2.00 bits per heavy atom. The zero-order chi connectivity index (χ0) is 25.3. The minimum Gasteiger partial charge on any atom is -0.494 e. The normalized spacial score (nSPS) is 11.3. The maximum absolute atomic E-state index is 14.6. The van der Waals surface area contributed by atoms with Crippen LogP contribution in [0.25, 0.3) is 11.1 Å². The van der Waals surface area contributed by atoms with Crippen molar-refractivity contribution in [1.82, 2.24) is 0 Å². The van der Waals surface area contributed by atoms with E-state index in [0.717, 1.165) is 41.9 Å². The molecule has 3 aromatic rings. The predicted molar refractivity (Wildman–Crippen MR) is 129 cm³/mol. The molecule has 0 fully saturated rings. The molecule has 0 aliphatic carbocycles. The van der Waals surface area contributed by atoms with Crippen LogP contribution in [0.2, 0.25) is 0 Å². The lowest BCUT2D eigenvalue weighted by molar-refractivity contribution is -0.185. The zero-order valence-electron chi connectivity index (χ0n) is 19.6. The van der Waals surface area contributed by atoms with E-state index in [0.29, 0.717) is 12.7 Å². The molecule has 4 nitrogen and oxygen atoms in total. The van der Waals surface area contributed by atoms with Crippen molar-refractivity contribution >= 4 is 5.97 Å². The van der Waals surface area contributed by atoms with Crippen molar-refractivity contribution in [3.8, 4) is 22.6 Å². The SMILES string of the molecule is CCCCCCCCOc1ccc(-c2ccc(C(F)(F)Oc3ccc(C(=O)O)c(F)c3)cc2)cc1. The number of unbranched alkanes of at least 4 members (excludes halogenated alkanes) is 5. The summed E-state index contributed by atoms with van der Waals surface area (Å²) >= 11 is 0. The quantitative estimate of drug-likeness (QED) is 0.248. The van der Waals surface area contributed by atoms with Crippen LogP contribution in [-0.4, -0.2) is 17.7 Å². The van der Waals surface area contributed by atoms with E-state index in [1.165, 1.54) is 37.8 Å². The van der Waals surface area contributed by atoms with E-state index in [-0.39, 0.29) is 0 Å². The van der Waals surface area contributed by atoms with Crippen LogP contribution in [0.4, 0.5) is 13.2 Å². The largest absolute Gasteiger partial charge is 0.494 e. The Morgan fingerprint density at radius 1 is 0.829 bits per heavy atom. The first-order valence-corrected chi connectivity index (χ1v) is 11.7. The van der Waals surface area contributed by atoms with Gasteiger partial charge < -0.3 is 14.6 Å². The van der Waals surface area contributed by atoms with Crippen molar-refractivity contribution in [3.05, 3.63) is 83.7 Å². The van der Waals surface area contributed by atoms with E-state index in [2.05, 4.69) is 11.7 Å². The molecule has 0 saturated carbocycles. The molecule has 0 unspecified atom stereocenters. The predicted octanol–water partition coefficient (Wildman–Crippen LogP) is 8.06. The number of hydrogen-bond donors (Lipinski definition) is 1. The molecule has 0 bridgehead atoms. The van der Waals surface area contributed by atoms with E-state index in [4.69, 9.17) is 9.84 Å². The summed E-state index contributed by atoms with van der Waals surface area (Å²) in [5, 5.41) is 8.85. The summed E-state index contributed by atoms with van der Waals surface area (Å²) in [6, 6.07) is 15.5. The fraction of sp³-hybridized carbons (Fsp3) is 0.321. The van der Waals surface area contributed by atoms with Gasteiger partial charge in [0, 0.05) is 6.07 Å². The molecule has 0 aliphatic heterocycles. The van der Waals surface area contributed by atoms with Crippen LogP contribution in [0.3, 0.4) is 0 Å². The van der Waals surface area contributed by atoms with Gasteiger partial charge in [0.1, 0.15) is 17.3 Å². The molecule has 186 valence electrons. The molecule has 0 saturated heterocycles. The monoisotopic (exact) mass is 486 g/mol. The number of carbonyl (C=O) groups is 1. The summed E-state index contributed by atoms with van der Waals surface area (Å²) in [7, 11) is 0. The van der Waals surface area contributed by atoms with Crippen molar-refractivity contribution in [2.75, 3.05) is 6.61 Å². The van der Waals surface area contributed by atoms with Gasteiger partial charge in [-0.05, 0) is 53.9 Å². The fourth-order valence-corrected chi connectivity index (χ4v) is 3.61. The highest BCUT2D eigenvalue weighted by atomic mass is 19.3. The average molecular weight is 487 g/mol. The smallest absolute Gasteiger partial charge is 0.426 e. The van der Waals surface area contributed by atoms with Crippen LogP contribution in [0.5, 0.6) is 11.5 Å². The number of rotatable bonds is 13. The molecule has 7 heteroatoms. The maximum Gasteiger partial charge on any atom is 0.426 e. The number of hydrogen-bond acceptors (Lipinski definition) is 3. The fourth-order valence-electron chi connectivity index (χ4n) is 3.61. The van der Waals surface area contributed by atoms with Gasteiger partial charge in [-0.15, -0.1) is 0 Å². The third-order valence-electron chi connectivity index (χ3n) is 5.59. The molecule has 35 heavy (non-hydrogen) atoms. The second-order valence-corrected chi connectivity index (χ2v) is 8.28. The summed E-state index contributed by atoms with van der Waals surface area (Å²) in [4.78, 5) is 10.9. The summed E-state index contributed by atoms with van der Waals surface area (Å²) in [5.74, 6) is -2.35. The number of benzene rings is 3. The number of ether oxygens (including phenoxy) is 2. The average Bonchev–Trinajstić information content (AvgIpc) is 2.83. The lowest BCUT2D eigenvalue weighted by Crippen LogP contribution is -2.22. The van der Waals surface area contributed by atoms with Gasteiger partial charge in [0.25, 0.3) is 0 Å². The molecule has 0 radical (unpaired) electrons. The van der Waals surface area contributed by atoms with E-state index in [1.807, 2.05) is 24.3 Å². The van der Waals surface area contributed by atoms with E-state index in [1.54, 1.807) is 12.1 Å². The molecule has 0 amide bonds. The number of halogens is 3. The van der Waals surface area contributed by atoms with Crippen molar-refractivity contribution in [2.24, 2.45) is 0 Å². The number of carboxylic acids is 1. The Morgan fingerprint density at radius 2 is 1.40 bits per heavy atom. The van der Waals surface area contributed by atoms with Crippen LogP contribution < -0.4 is 9.47 Å². The first-order valence-electron chi connectivity index (χ1n) is 11.7. The van der Waals surface area contributed by atoms with Gasteiger partial charge >= 0.3 is 12.1 Å². The highest BCUT2D eigenvalue weighted by Crippen LogP contribution is 2.33. The molecule has 0 atom stereocenters. The second-order valence-electron chi connectivity index (χ2n) is 8.28. The van der Waals surface area contributed by atoms with Crippen molar-refractivity contribution in [3.63, 3.8) is 0 Å². The maximum atomic E-state index is 14.6. The summed E-state index contributed by atoms with van der Waals surface area (Å²) in [5.41, 5.74) is 0.551. The molecule has 0 aliphatic rings. The third-order valence-corrected chi connectivity index (χ3v) is 5.59. The van der Waals surface area contributed by atoms with Crippen molar-refractivity contribution in [2.45, 2.75) is 51.6 Å². The van der Waals surface area contributed by atoms with E-state index in [9.17, 15) is 18.0 Å². The molecular weight excluding hydrogens is 457 g/mol. The number of carboxylic acid groups (broad SMARTS) is 1. The molecular formula is C28H29F3O4. The summed E-state index contributed by atoms with van der Waals surface area (Å²) in [6.45, 7) is 2.86. The first kappa shape index (κ1) is 26.1. The molecule has 1 N–H and O–H groups in total. The Bertz CT molecular complexity index is 1100. The third kappa shape index (κ3) is 7.50. The number of aromatic carboxylic acids is 1. The molecule has 3 rings (SSSR count). The molecule has 0 heterocycles. The van der Waals surface area contributed by atoms with E-state index >= 15 is 0 Å². The molecule has 0 spiro atoms. The van der Waals surface area contributed by atoms with E-state index < -0.39 is 34.8 Å². The van der Waals surface area contributed by atoms with Gasteiger partial charge in [0.05, 0.1) is 17.7 Å². The van der Waals surface area contributed by atoms with Gasteiger partial charge in [0.15, 0.2) is 0 Å². The van der Waals surface area contributed by atoms with Gasteiger partial charge in [0.2, 0.25) is 0 Å². The first-order chi connectivity index (χ1) is 16.8. The second kappa shape index (κ2) is 12.3. The van der Waals surface area contributed by atoms with Gasteiger partial charge in [-0.3, -0.25) is 0 Å². The van der Waals surface area contributed by atoms with Gasteiger partial charge in [-0.25, -0.2) is 9.18 Å². The minimum atomic E-state index is -3.73. The molecule has 3 aromatic carbocycles. The van der Waals surface area contributed by atoms with Gasteiger partial charge in [-0.1, -0.05) is 63.3 Å². The lowest BCUT2D eigenvalue weighted by atomic mass is 10.0. The summed E-state index contributed by atoms with van der Waals surface area (Å²) in [6.07, 6.45) is 3.43. The Labute approximate surface area is 203 Å². The van der Waals surface area contributed by atoms with Crippen LogP contribution in [-0.2, 0) is 6.11 Å². The van der Waals surface area contributed by atoms with Crippen LogP contribution in [0, 0.1) is 5.82 Å². The zero-order valence-corrected chi connectivity index (χ0v) is 19.6. The standard InChI is InChI=1S/C28H29F3O4/c1-2-3-4-5-6-7-18-34-23-14-10-21(11-15-23)20-8-12-22(13-9-20)28(30,31)35-24-16-17-25(27(32)33)26(29)19-24/h8-17,19H,2-7,18H2,1H3,(H,32,33). The van der Waals surface area contributed by atoms with Crippen molar-refractivity contribution in [1.29, 1.82) is 0 Å². The highest BCUT2D eigenvalue weighted by molar-refractivity contribution is 5.88. The van der Waals surface area contributed by atoms with Crippen LogP contribution >= 0.6 is 0 Å². The Kier molecular flexibility index (Phi) is 9.18. The summed E-state index contributed by atoms with van der Waals surface area (Å²) < 4.78 is 53.4. The highest BCUT2D eigenvalue weighted by Gasteiger charge is 2.34. The van der Waals surface area contributed by atoms with Gasteiger partial charge in [-0.2, -0.15) is 8.78 Å². The molecule has 0 aromatic heterocycles. The topological polar surface area (TPSA) is 55.8 Å². The van der Waals surface area contributed by atoms with Crippen molar-refractivity contribution < 1.29 is 32.5 Å². The minimum absolute atomic E-state index is 0.414. The lowest BCUT2D eigenvalue weighted by Gasteiger charge is -2.19. The van der Waals surface area contributed by atoms with Crippen LogP contribution in [0.1, 0.15) is 61.4 Å².